The third kappa shape index (κ3) is 3.39. The summed E-state index contributed by atoms with van der Waals surface area (Å²) in [6, 6.07) is 8.04. The van der Waals surface area contributed by atoms with E-state index >= 15 is 0 Å². The molecule has 2 nitrogen and oxygen atoms in total. The van der Waals surface area contributed by atoms with E-state index in [1.165, 1.54) is 17.9 Å². The highest BCUT2D eigenvalue weighted by Crippen LogP contribution is 2.30. The molecule has 2 rings (SSSR count). The van der Waals surface area contributed by atoms with Crippen LogP contribution in [-0.2, 0) is 0 Å². The van der Waals surface area contributed by atoms with Gasteiger partial charge in [0.2, 0.25) is 0 Å². The highest BCUT2D eigenvalue weighted by Gasteiger charge is 2.25. The molecule has 94 valence electrons. The highest BCUT2D eigenvalue weighted by molar-refractivity contribution is 7.99. The fraction of sp³-hybridized carbons (Fsp3) is 0.571. The molecule has 2 unspecified atom stereocenters. The van der Waals surface area contributed by atoms with Gasteiger partial charge in [0.25, 0.3) is 0 Å². The Labute approximate surface area is 107 Å². The van der Waals surface area contributed by atoms with Crippen molar-refractivity contribution in [3.63, 3.8) is 0 Å². The Hall–Kier alpha value is -0.670. The lowest BCUT2D eigenvalue weighted by molar-refractivity contribution is 0.125. The number of para-hydroxylation sites is 1. The van der Waals surface area contributed by atoms with Crippen LogP contribution in [0.2, 0.25) is 0 Å². The number of aryl methyl sites for hydroxylation is 1. The van der Waals surface area contributed by atoms with Crippen LogP contribution in [-0.4, -0.2) is 29.8 Å². The van der Waals surface area contributed by atoms with Crippen LogP contribution in [0.3, 0.4) is 0 Å². The number of thioether (sulfide) groups is 1. The van der Waals surface area contributed by atoms with Gasteiger partial charge in [0, 0.05) is 12.5 Å². The molecule has 1 aromatic carbocycles. The van der Waals surface area contributed by atoms with Crippen molar-refractivity contribution >= 4 is 11.8 Å². The summed E-state index contributed by atoms with van der Waals surface area (Å²) in [5, 5.41) is 9.44. The first kappa shape index (κ1) is 12.8. The second-order valence-electron chi connectivity index (χ2n) is 4.64. The summed E-state index contributed by atoms with van der Waals surface area (Å²) in [5.74, 6) is 4.24. The lowest BCUT2D eigenvalue weighted by Gasteiger charge is -2.21. The third-order valence-corrected chi connectivity index (χ3v) is 4.60. The molecule has 1 saturated heterocycles. The molecule has 0 aliphatic carbocycles. The molecule has 3 heteroatoms. The quantitative estimate of drug-likeness (QED) is 0.873. The normalized spacial score (nSPS) is 21.4. The zero-order valence-electron chi connectivity index (χ0n) is 10.3. The van der Waals surface area contributed by atoms with Crippen molar-refractivity contribution in [2.45, 2.75) is 13.3 Å². The summed E-state index contributed by atoms with van der Waals surface area (Å²) in [7, 11) is 0. The molecule has 1 aliphatic rings. The first-order valence-electron chi connectivity index (χ1n) is 6.18. The van der Waals surface area contributed by atoms with E-state index < -0.39 is 0 Å². The van der Waals surface area contributed by atoms with Crippen molar-refractivity contribution < 1.29 is 9.84 Å². The van der Waals surface area contributed by atoms with Crippen LogP contribution in [0, 0.1) is 18.8 Å². The first-order valence-corrected chi connectivity index (χ1v) is 7.33. The lowest BCUT2D eigenvalue weighted by Crippen LogP contribution is -2.25. The van der Waals surface area contributed by atoms with Crippen LogP contribution in [0.5, 0.6) is 5.75 Å². The molecule has 0 bridgehead atoms. The molecule has 1 N–H and O–H groups in total. The topological polar surface area (TPSA) is 29.5 Å². The van der Waals surface area contributed by atoms with E-state index in [1.807, 2.05) is 30.0 Å². The van der Waals surface area contributed by atoms with Crippen molar-refractivity contribution in [2.75, 3.05) is 24.7 Å². The summed E-state index contributed by atoms with van der Waals surface area (Å²) >= 11 is 1.98. The summed E-state index contributed by atoms with van der Waals surface area (Å²) < 4.78 is 5.83. The number of benzene rings is 1. The van der Waals surface area contributed by atoms with Crippen LogP contribution < -0.4 is 4.74 Å². The van der Waals surface area contributed by atoms with Crippen LogP contribution in [0.15, 0.2) is 24.3 Å². The van der Waals surface area contributed by atoms with E-state index in [-0.39, 0.29) is 12.5 Å². The second-order valence-corrected chi connectivity index (χ2v) is 5.79. The Morgan fingerprint density at radius 1 is 1.47 bits per heavy atom. The Kier molecular flexibility index (Phi) is 4.75. The Bertz CT molecular complexity index is 348. The number of hydrogen-bond donors (Lipinski definition) is 1. The zero-order valence-corrected chi connectivity index (χ0v) is 11.1. The molecule has 1 heterocycles. The Morgan fingerprint density at radius 3 is 2.94 bits per heavy atom. The molecule has 1 aromatic rings. The van der Waals surface area contributed by atoms with Crippen molar-refractivity contribution in [1.82, 2.24) is 0 Å². The number of rotatable bonds is 5. The molecule has 0 spiro atoms. The average Bonchev–Trinajstić information content (AvgIpc) is 2.86. The van der Waals surface area contributed by atoms with E-state index in [9.17, 15) is 5.11 Å². The number of aliphatic hydroxyl groups excluding tert-OH is 1. The number of hydrogen-bond acceptors (Lipinski definition) is 3. The minimum Gasteiger partial charge on any atom is -0.493 e. The number of aliphatic hydroxyl groups is 1. The van der Waals surface area contributed by atoms with Gasteiger partial charge in [-0.05, 0) is 42.4 Å². The second kappa shape index (κ2) is 6.31. The summed E-state index contributed by atoms with van der Waals surface area (Å²) in [6.07, 6.45) is 1.22. The van der Waals surface area contributed by atoms with E-state index in [0.29, 0.717) is 12.5 Å². The third-order valence-electron chi connectivity index (χ3n) is 3.41. The predicted octanol–water partition coefficient (Wildman–Crippen LogP) is 2.74. The maximum atomic E-state index is 9.44. The van der Waals surface area contributed by atoms with Crippen molar-refractivity contribution in [3.8, 4) is 5.75 Å². The van der Waals surface area contributed by atoms with Gasteiger partial charge in [-0.25, -0.2) is 0 Å². The van der Waals surface area contributed by atoms with Crippen molar-refractivity contribution in [2.24, 2.45) is 11.8 Å². The molecule has 0 aromatic heterocycles. The Balaban J connectivity index is 1.89. The standard InChI is InChI=1S/C14H20O2S/c1-11-4-2-3-5-14(11)16-9-13(8-15)12-6-7-17-10-12/h2-5,12-13,15H,6-10H2,1H3. The zero-order chi connectivity index (χ0) is 12.1. The Morgan fingerprint density at radius 2 is 2.29 bits per heavy atom. The van der Waals surface area contributed by atoms with Crippen LogP contribution >= 0.6 is 11.8 Å². The largest absolute Gasteiger partial charge is 0.493 e. The van der Waals surface area contributed by atoms with Gasteiger partial charge in [-0.15, -0.1) is 0 Å². The van der Waals surface area contributed by atoms with Gasteiger partial charge in [-0.2, -0.15) is 11.8 Å². The smallest absolute Gasteiger partial charge is 0.122 e. The molecule has 2 atom stereocenters. The average molecular weight is 252 g/mol. The predicted molar refractivity (Wildman–Crippen MR) is 72.7 cm³/mol. The van der Waals surface area contributed by atoms with E-state index in [4.69, 9.17) is 4.74 Å². The summed E-state index contributed by atoms with van der Waals surface area (Å²) in [5.41, 5.74) is 1.16. The van der Waals surface area contributed by atoms with Gasteiger partial charge >= 0.3 is 0 Å². The van der Waals surface area contributed by atoms with Gasteiger partial charge < -0.3 is 9.84 Å². The van der Waals surface area contributed by atoms with Crippen LogP contribution in [0.25, 0.3) is 0 Å². The van der Waals surface area contributed by atoms with Gasteiger partial charge in [0.15, 0.2) is 0 Å². The summed E-state index contributed by atoms with van der Waals surface area (Å²) in [4.78, 5) is 0. The summed E-state index contributed by atoms with van der Waals surface area (Å²) in [6.45, 7) is 2.92. The van der Waals surface area contributed by atoms with Gasteiger partial charge in [0.05, 0.1) is 6.61 Å². The first-order chi connectivity index (χ1) is 8.31. The fourth-order valence-corrected chi connectivity index (χ4v) is 3.56. The van der Waals surface area contributed by atoms with E-state index in [2.05, 4.69) is 13.0 Å². The molecule has 0 radical (unpaired) electrons. The highest BCUT2D eigenvalue weighted by atomic mass is 32.2. The molecule has 0 amide bonds. The van der Waals surface area contributed by atoms with Gasteiger partial charge in [-0.1, -0.05) is 18.2 Å². The van der Waals surface area contributed by atoms with Crippen molar-refractivity contribution in [1.29, 1.82) is 0 Å². The molecule has 1 fully saturated rings. The molecular weight excluding hydrogens is 232 g/mol. The van der Waals surface area contributed by atoms with Crippen LogP contribution in [0.1, 0.15) is 12.0 Å². The van der Waals surface area contributed by atoms with Gasteiger partial charge in [-0.3, -0.25) is 0 Å². The van der Waals surface area contributed by atoms with Gasteiger partial charge in [0.1, 0.15) is 5.75 Å². The monoisotopic (exact) mass is 252 g/mol. The fourth-order valence-electron chi connectivity index (χ4n) is 2.18. The number of ether oxygens (including phenoxy) is 1. The molecule has 0 saturated carbocycles. The molecular formula is C14H20O2S. The minimum absolute atomic E-state index is 0.233. The SMILES string of the molecule is Cc1ccccc1OCC(CO)C1CCSC1. The maximum absolute atomic E-state index is 9.44. The lowest BCUT2D eigenvalue weighted by atomic mass is 9.93. The minimum atomic E-state index is 0.233. The molecule has 1 aliphatic heterocycles. The van der Waals surface area contributed by atoms with E-state index in [0.717, 1.165) is 11.3 Å². The molecule has 17 heavy (non-hydrogen) atoms. The van der Waals surface area contributed by atoms with Crippen molar-refractivity contribution in [3.05, 3.63) is 29.8 Å². The maximum Gasteiger partial charge on any atom is 0.122 e. The van der Waals surface area contributed by atoms with E-state index in [1.54, 1.807) is 0 Å². The van der Waals surface area contributed by atoms with Crippen LogP contribution in [0.4, 0.5) is 0 Å².